The van der Waals surface area contributed by atoms with Gasteiger partial charge >= 0.3 is 5.97 Å². The third-order valence-electron chi connectivity index (χ3n) is 3.68. The van der Waals surface area contributed by atoms with Gasteiger partial charge in [0.15, 0.2) is 0 Å². The van der Waals surface area contributed by atoms with Gasteiger partial charge in [-0.2, -0.15) is 5.26 Å². The molecule has 1 aliphatic carbocycles. The van der Waals surface area contributed by atoms with E-state index in [-0.39, 0.29) is 0 Å². The van der Waals surface area contributed by atoms with Gasteiger partial charge in [-0.15, -0.1) is 0 Å². The standard InChI is InChI=1S/C14H24O3/c1-2-3-4-9-14(10-5-6-11-14)12-7-8-13(15)17-16/h4,9,16H,2-3,5-8,10-12H2,1H3. The Morgan fingerprint density at radius 3 is 2.71 bits per heavy atom. The molecule has 0 aliphatic heterocycles. The van der Waals surface area contributed by atoms with Crippen LogP contribution in [0.2, 0.25) is 0 Å². The average molecular weight is 240 g/mol. The highest BCUT2D eigenvalue weighted by Crippen LogP contribution is 2.43. The summed E-state index contributed by atoms with van der Waals surface area (Å²) in [5.74, 6) is -0.518. The van der Waals surface area contributed by atoms with Gasteiger partial charge in [-0.1, -0.05) is 38.3 Å². The van der Waals surface area contributed by atoms with Crippen molar-refractivity contribution in [3.8, 4) is 0 Å². The van der Waals surface area contributed by atoms with Crippen LogP contribution >= 0.6 is 0 Å². The van der Waals surface area contributed by atoms with Gasteiger partial charge in [-0.05, 0) is 37.5 Å². The van der Waals surface area contributed by atoms with E-state index < -0.39 is 5.97 Å². The molecular weight excluding hydrogens is 216 g/mol. The number of allylic oxidation sites excluding steroid dienone is 2. The van der Waals surface area contributed by atoms with Crippen LogP contribution in [0.25, 0.3) is 0 Å². The van der Waals surface area contributed by atoms with Crippen molar-refractivity contribution < 1.29 is 14.9 Å². The quantitative estimate of drug-likeness (QED) is 0.414. The Bertz CT molecular complexity index is 252. The first-order chi connectivity index (χ1) is 8.22. The molecule has 3 nitrogen and oxygen atoms in total. The molecule has 3 heteroatoms. The number of rotatable bonds is 7. The topological polar surface area (TPSA) is 46.5 Å². The van der Waals surface area contributed by atoms with Crippen molar-refractivity contribution in [2.75, 3.05) is 0 Å². The van der Waals surface area contributed by atoms with E-state index in [1.807, 2.05) is 0 Å². The molecule has 0 saturated heterocycles. The summed E-state index contributed by atoms with van der Waals surface area (Å²) < 4.78 is 0. The Morgan fingerprint density at radius 1 is 1.41 bits per heavy atom. The van der Waals surface area contributed by atoms with Crippen molar-refractivity contribution in [1.82, 2.24) is 0 Å². The smallest absolute Gasteiger partial charge is 0.301 e. The Kier molecular flexibility index (Phi) is 6.27. The maximum Gasteiger partial charge on any atom is 0.342 e. The van der Waals surface area contributed by atoms with Gasteiger partial charge in [0.2, 0.25) is 0 Å². The molecule has 0 bridgehead atoms. The van der Waals surface area contributed by atoms with Crippen LogP contribution in [0.5, 0.6) is 0 Å². The van der Waals surface area contributed by atoms with E-state index in [0.717, 1.165) is 19.3 Å². The summed E-state index contributed by atoms with van der Waals surface area (Å²) in [5.41, 5.74) is 0.310. The van der Waals surface area contributed by atoms with E-state index in [1.165, 1.54) is 32.1 Å². The Hall–Kier alpha value is -0.830. The zero-order valence-electron chi connectivity index (χ0n) is 10.8. The van der Waals surface area contributed by atoms with Crippen LogP contribution in [0.3, 0.4) is 0 Å². The van der Waals surface area contributed by atoms with E-state index in [4.69, 9.17) is 5.26 Å². The molecule has 0 aromatic carbocycles. The minimum Gasteiger partial charge on any atom is -0.301 e. The van der Waals surface area contributed by atoms with Gasteiger partial charge < -0.3 is 4.89 Å². The molecule has 0 spiro atoms. The monoisotopic (exact) mass is 240 g/mol. The van der Waals surface area contributed by atoms with Crippen molar-refractivity contribution in [2.45, 2.75) is 64.7 Å². The fraction of sp³-hybridized carbons (Fsp3) is 0.786. The van der Waals surface area contributed by atoms with Gasteiger partial charge in [0.25, 0.3) is 0 Å². The maximum atomic E-state index is 10.9. The summed E-state index contributed by atoms with van der Waals surface area (Å²) in [4.78, 5) is 14.5. The summed E-state index contributed by atoms with van der Waals surface area (Å²) in [5, 5.41) is 8.20. The summed E-state index contributed by atoms with van der Waals surface area (Å²) in [6.07, 6.45) is 14.2. The predicted octanol–water partition coefficient (Wildman–Crippen LogP) is 4.09. The highest BCUT2D eigenvalue weighted by molar-refractivity contribution is 5.68. The molecule has 1 fully saturated rings. The SMILES string of the molecule is CCCC=CC1(CCCC(=O)OO)CCCC1. The lowest BCUT2D eigenvalue weighted by Gasteiger charge is -2.24. The van der Waals surface area contributed by atoms with E-state index in [2.05, 4.69) is 24.0 Å². The highest BCUT2D eigenvalue weighted by atomic mass is 17.1. The van der Waals surface area contributed by atoms with Crippen LogP contribution in [-0.4, -0.2) is 11.2 Å². The van der Waals surface area contributed by atoms with Crippen LogP contribution in [0.15, 0.2) is 12.2 Å². The number of hydrogen-bond donors (Lipinski definition) is 1. The first-order valence-corrected chi connectivity index (χ1v) is 6.74. The minimum atomic E-state index is -0.518. The van der Waals surface area contributed by atoms with Gasteiger partial charge in [0, 0.05) is 6.42 Å². The van der Waals surface area contributed by atoms with Gasteiger partial charge in [0.05, 0.1) is 0 Å². The van der Waals surface area contributed by atoms with Crippen LogP contribution in [0.1, 0.15) is 64.7 Å². The first-order valence-electron chi connectivity index (χ1n) is 6.74. The van der Waals surface area contributed by atoms with Gasteiger partial charge in [-0.25, -0.2) is 4.79 Å². The zero-order chi connectivity index (χ0) is 12.6. The second kappa shape index (κ2) is 7.49. The number of unbranched alkanes of at least 4 members (excludes halogenated alkanes) is 1. The molecule has 0 radical (unpaired) electrons. The van der Waals surface area contributed by atoms with E-state index >= 15 is 0 Å². The van der Waals surface area contributed by atoms with Gasteiger partial charge in [-0.3, -0.25) is 0 Å². The molecule has 98 valence electrons. The lowest BCUT2D eigenvalue weighted by molar-refractivity contribution is -0.234. The normalized spacial score (nSPS) is 18.7. The second-order valence-corrected chi connectivity index (χ2v) is 5.08. The molecule has 17 heavy (non-hydrogen) atoms. The molecule has 0 unspecified atom stereocenters. The van der Waals surface area contributed by atoms with Crippen molar-refractivity contribution >= 4 is 5.97 Å². The van der Waals surface area contributed by atoms with Crippen LogP contribution in [0.4, 0.5) is 0 Å². The molecule has 0 heterocycles. The van der Waals surface area contributed by atoms with Crippen molar-refractivity contribution in [3.63, 3.8) is 0 Å². The lowest BCUT2D eigenvalue weighted by atomic mass is 9.80. The number of hydrogen-bond acceptors (Lipinski definition) is 3. The van der Waals surface area contributed by atoms with Crippen LogP contribution in [0, 0.1) is 5.41 Å². The fourth-order valence-corrected chi connectivity index (χ4v) is 2.71. The van der Waals surface area contributed by atoms with Crippen molar-refractivity contribution in [2.24, 2.45) is 5.41 Å². The molecule has 0 aromatic heterocycles. The van der Waals surface area contributed by atoms with Crippen molar-refractivity contribution in [1.29, 1.82) is 0 Å². The molecule has 0 atom stereocenters. The first kappa shape index (κ1) is 14.2. The number of carbonyl (C=O) groups excluding carboxylic acids is 1. The van der Waals surface area contributed by atoms with Crippen molar-refractivity contribution in [3.05, 3.63) is 12.2 Å². The molecule has 0 amide bonds. The predicted molar refractivity (Wildman–Crippen MR) is 67.5 cm³/mol. The van der Waals surface area contributed by atoms with E-state index in [0.29, 0.717) is 11.8 Å². The third kappa shape index (κ3) is 4.90. The third-order valence-corrected chi connectivity index (χ3v) is 3.68. The zero-order valence-corrected chi connectivity index (χ0v) is 10.8. The van der Waals surface area contributed by atoms with E-state index in [1.54, 1.807) is 0 Å². The molecule has 1 saturated carbocycles. The fourth-order valence-electron chi connectivity index (χ4n) is 2.71. The Labute approximate surface area is 104 Å². The molecule has 1 rings (SSSR count). The summed E-state index contributed by atoms with van der Waals surface area (Å²) in [7, 11) is 0. The summed E-state index contributed by atoms with van der Waals surface area (Å²) in [6.45, 7) is 2.18. The maximum absolute atomic E-state index is 10.9. The molecule has 0 aromatic rings. The molecule has 1 N–H and O–H groups in total. The lowest BCUT2D eigenvalue weighted by Crippen LogP contribution is -2.14. The largest absolute Gasteiger partial charge is 0.342 e. The summed E-state index contributed by atoms with van der Waals surface area (Å²) in [6, 6.07) is 0. The Balaban J connectivity index is 2.39. The van der Waals surface area contributed by atoms with Gasteiger partial charge in [0.1, 0.15) is 0 Å². The Morgan fingerprint density at radius 2 is 2.12 bits per heavy atom. The average Bonchev–Trinajstić information content (AvgIpc) is 2.78. The summed E-state index contributed by atoms with van der Waals surface area (Å²) >= 11 is 0. The van der Waals surface area contributed by atoms with E-state index in [9.17, 15) is 4.79 Å². The van der Waals surface area contributed by atoms with Crippen LogP contribution < -0.4 is 0 Å². The minimum absolute atomic E-state index is 0.310. The molecule has 1 aliphatic rings. The highest BCUT2D eigenvalue weighted by Gasteiger charge is 2.30. The van der Waals surface area contributed by atoms with Crippen LogP contribution in [-0.2, 0) is 9.68 Å². The molecular formula is C14H24O3. The number of carbonyl (C=O) groups is 1. The second-order valence-electron chi connectivity index (χ2n) is 5.08.